The summed E-state index contributed by atoms with van der Waals surface area (Å²) in [6.45, 7) is 2.34. The average molecular weight is 265 g/mol. The summed E-state index contributed by atoms with van der Waals surface area (Å²) >= 11 is 0. The highest BCUT2D eigenvalue weighted by Crippen LogP contribution is 2.25. The maximum atomic E-state index is 11.9. The molecule has 0 aliphatic heterocycles. The molecule has 17 heavy (non-hydrogen) atoms. The molecule has 0 heterocycles. The Balaban J connectivity index is 0.00000256. The van der Waals surface area contributed by atoms with Crippen LogP contribution >= 0.6 is 12.4 Å². The van der Waals surface area contributed by atoms with Gasteiger partial charge in [-0.1, -0.05) is 32.6 Å². The number of amides is 1. The number of aliphatic hydroxyl groups is 1. The molecule has 0 aromatic heterocycles. The van der Waals surface area contributed by atoms with Crippen molar-refractivity contribution in [2.45, 2.75) is 63.5 Å². The molecule has 0 aromatic carbocycles. The molecule has 1 atom stereocenters. The quantitative estimate of drug-likeness (QED) is 0.702. The lowest BCUT2D eigenvalue weighted by atomic mass is 9.82. The van der Waals surface area contributed by atoms with Gasteiger partial charge in [0.1, 0.15) is 0 Å². The van der Waals surface area contributed by atoms with E-state index in [-0.39, 0.29) is 18.3 Å². The number of nitrogens with one attached hydrogen (secondary N) is 1. The monoisotopic (exact) mass is 264 g/mol. The number of rotatable bonds is 5. The molecule has 1 aliphatic rings. The van der Waals surface area contributed by atoms with Crippen molar-refractivity contribution >= 4 is 18.3 Å². The second-order valence-corrected chi connectivity index (χ2v) is 4.87. The van der Waals surface area contributed by atoms with Crippen molar-refractivity contribution in [1.82, 2.24) is 5.32 Å². The zero-order valence-electron chi connectivity index (χ0n) is 10.6. The van der Waals surface area contributed by atoms with E-state index in [1.165, 1.54) is 6.42 Å². The second-order valence-electron chi connectivity index (χ2n) is 4.87. The zero-order chi connectivity index (χ0) is 12.0. The minimum Gasteiger partial charge on any atom is -0.391 e. The molecule has 0 saturated heterocycles. The molecule has 5 heteroatoms. The van der Waals surface area contributed by atoms with Crippen molar-refractivity contribution in [3.8, 4) is 0 Å². The van der Waals surface area contributed by atoms with Crippen molar-refractivity contribution < 1.29 is 9.90 Å². The summed E-state index contributed by atoms with van der Waals surface area (Å²) in [5.41, 5.74) is 5.38. The van der Waals surface area contributed by atoms with Gasteiger partial charge >= 0.3 is 0 Å². The van der Waals surface area contributed by atoms with Crippen LogP contribution in [0.2, 0.25) is 0 Å². The third-order valence-corrected chi connectivity index (χ3v) is 3.32. The summed E-state index contributed by atoms with van der Waals surface area (Å²) in [6.07, 6.45) is 5.96. The molecular formula is C12H25ClN2O2. The number of carbonyl (C=O) groups excluding carboxylic acids is 1. The SMILES string of the molecule is CCCC(O)CNC(=O)C1(N)CCCCC1.Cl. The van der Waals surface area contributed by atoms with Crippen LogP contribution in [0.15, 0.2) is 0 Å². The Kier molecular flexibility index (Phi) is 7.75. The second kappa shape index (κ2) is 7.90. The van der Waals surface area contributed by atoms with E-state index in [1.807, 2.05) is 6.92 Å². The summed E-state index contributed by atoms with van der Waals surface area (Å²) in [5.74, 6) is -0.0950. The minimum absolute atomic E-state index is 0. The average Bonchev–Trinajstić information content (AvgIpc) is 2.27. The van der Waals surface area contributed by atoms with Crippen molar-refractivity contribution in [1.29, 1.82) is 0 Å². The van der Waals surface area contributed by atoms with Crippen LogP contribution < -0.4 is 11.1 Å². The van der Waals surface area contributed by atoms with Gasteiger partial charge in [0.05, 0.1) is 11.6 Å². The van der Waals surface area contributed by atoms with Crippen molar-refractivity contribution in [3.63, 3.8) is 0 Å². The van der Waals surface area contributed by atoms with Gasteiger partial charge in [0.2, 0.25) is 5.91 Å². The lowest BCUT2D eigenvalue weighted by Crippen LogP contribution is -2.56. The van der Waals surface area contributed by atoms with Gasteiger partial charge in [-0.3, -0.25) is 4.79 Å². The first-order valence-corrected chi connectivity index (χ1v) is 6.34. The fourth-order valence-corrected chi connectivity index (χ4v) is 2.23. The molecule has 0 radical (unpaired) electrons. The molecule has 0 aromatic rings. The molecule has 1 amide bonds. The summed E-state index contributed by atoms with van der Waals surface area (Å²) in [7, 11) is 0. The zero-order valence-corrected chi connectivity index (χ0v) is 11.4. The van der Waals surface area contributed by atoms with E-state index in [2.05, 4.69) is 5.32 Å². The first-order valence-electron chi connectivity index (χ1n) is 6.34. The topological polar surface area (TPSA) is 75.3 Å². The van der Waals surface area contributed by atoms with Gasteiger partial charge in [-0.15, -0.1) is 12.4 Å². The molecule has 4 N–H and O–H groups in total. The maximum absolute atomic E-state index is 11.9. The van der Waals surface area contributed by atoms with E-state index < -0.39 is 11.6 Å². The first-order chi connectivity index (χ1) is 7.58. The first kappa shape index (κ1) is 16.7. The van der Waals surface area contributed by atoms with Crippen LogP contribution in [0.1, 0.15) is 51.9 Å². The summed E-state index contributed by atoms with van der Waals surface area (Å²) in [4.78, 5) is 11.9. The molecule has 1 unspecified atom stereocenters. The smallest absolute Gasteiger partial charge is 0.240 e. The van der Waals surface area contributed by atoms with Crippen LogP contribution in [-0.4, -0.2) is 29.2 Å². The lowest BCUT2D eigenvalue weighted by Gasteiger charge is -2.32. The Morgan fingerprint density at radius 2 is 2.00 bits per heavy atom. The van der Waals surface area contributed by atoms with E-state index >= 15 is 0 Å². The molecular weight excluding hydrogens is 240 g/mol. The van der Waals surface area contributed by atoms with Gasteiger partial charge in [0, 0.05) is 6.54 Å². The van der Waals surface area contributed by atoms with Crippen molar-refractivity contribution in [2.75, 3.05) is 6.54 Å². The Morgan fingerprint density at radius 3 is 2.53 bits per heavy atom. The van der Waals surface area contributed by atoms with Crippen LogP contribution in [0.3, 0.4) is 0 Å². The van der Waals surface area contributed by atoms with Crippen LogP contribution in [0, 0.1) is 0 Å². The van der Waals surface area contributed by atoms with Crippen LogP contribution in [-0.2, 0) is 4.79 Å². The molecule has 1 saturated carbocycles. The van der Waals surface area contributed by atoms with Gasteiger partial charge in [0.15, 0.2) is 0 Å². The molecule has 0 spiro atoms. The molecule has 102 valence electrons. The van der Waals surface area contributed by atoms with Gasteiger partial charge < -0.3 is 16.2 Å². The van der Waals surface area contributed by atoms with Crippen molar-refractivity contribution in [2.24, 2.45) is 5.73 Å². The highest BCUT2D eigenvalue weighted by molar-refractivity contribution is 5.86. The Bertz CT molecular complexity index is 231. The summed E-state index contributed by atoms with van der Waals surface area (Å²) in [5, 5.41) is 12.3. The van der Waals surface area contributed by atoms with Gasteiger partial charge in [-0.25, -0.2) is 0 Å². The normalized spacial score (nSPS) is 20.2. The summed E-state index contributed by atoms with van der Waals surface area (Å²) in [6, 6.07) is 0. The van der Waals surface area contributed by atoms with E-state index in [0.29, 0.717) is 6.54 Å². The van der Waals surface area contributed by atoms with E-state index in [4.69, 9.17) is 5.73 Å². The molecule has 1 fully saturated rings. The fraction of sp³-hybridized carbons (Fsp3) is 0.917. The van der Waals surface area contributed by atoms with Crippen molar-refractivity contribution in [3.05, 3.63) is 0 Å². The molecule has 4 nitrogen and oxygen atoms in total. The Labute approximate surface area is 110 Å². The minimum atomic E-state index is -0.690. The largest absolute Gasteiger partial charge is 0.391 e. The van der Waals surface area contributed by atoms with Gasteiger partial charge in [-0.05, 0) is 19.3 Å². The molecule has 0 bridgehead atoms. The van der Waals surface area contributed by atoms with Gasteiger partial charge in [-0.2, -0.15) is 0 Å². The number of hydrogen-bond acceptors (Lipinski definition) is 3. The number of aliphatic hydroxyl groups excluding tert-OH is 1. The highest BCUT2D eigenvalue weighted by Gasteiger charge is 2.35. The van der Waals surface area contributed by atoms with Crippen LogP contribution in [0.5, 0.6) is 0 Å². The number of carbonyl (C=O) groups is 1. The number of halogens is 1. The van der Waals surface area contributed by atoms with Crippen LogP contribution in [0.4, 0.5) is 0 Å². The summed E-state index contributed by atoms with van der Waals surface area (Å²) < 4.78 is 0. The number of hydrogen-bond donors (Lipinski definition) is 3. The predicted molar refractivity (Wildman–Crippen MR) is 71.2 cm³/mol. The molecule has 1 rings (SSSR count). The standard InChI is InChI=1S/C12H24N2O2.ClH/c1-2-6-10(15)9-14-11(16)12(13)7-4-3-5-8-12;/h10,15H,2-9,13H2,1H3,(H,14,16);1H. The molecule has 1 aliphatic carbocycles. The number of nitrogens with two attached hydrogens (primary N) is 1. The van der Waals surface area contributed by atoms with Gasteiger partial charge in [0.25, 0.3) is 0 Å². The lowest BCUT2D eigenvalue weighted by molar-refractivity contribution is -0.128. The maximum Gasteiger partial charge on any atom is 0.240 e. The van der Waals surface area contributed by atoms with E-state index in [0.717, 1.165) is 38.5 Å². The fourth-order valence-electron chi connectivity index (χ4n) is 2.23. The third kappa shape index (κ3) is 5.23. The van der Waals surface area contributed by atoms with E-state index in [1.54, 1.807) is 0 Å². The highest BCUT2D eigenvalue weighted by atomic mass is 35.5. The third-order valence-electron chi connectivity index (χ3n) is 3.32. The Morgan fingerprint density at radius 1 is 1.41 bits per heavy atom. The van der Waals surface area contributed by atoms with E-state index in [9.17, 15) is 9.90 Å². The van der Waals surface area contributed by atoms with Crippen LogP contribution in [0.25, 0.3) is 0 Å². The predicted octanol–water partition coefficient (Wildman–Crippen LogP) is 1.35. The Hall–Kier alpha value is -0.320.